The second-order valence-corrected chi connectivity index (χ2v) is 7.64. The molecule has 4 heteroatoms. The molecule has 2 unspecified atom stereocenters. The van der Waals surface area contributed by atoms with Gasteiger partial charge in [-0.25, -0.2) is 0 Å². The van der Waals surface area contributed by atoms with Crippen molar-refractivity contribution in [2.24, 2.45) is 11.3 Å². The van der Waals surface area contributed by atoms with Gasteiger partial charge in [0.05, 0.1) is 18.8 Å². The van der Waals surface area contributed by atoms with Crippen LogP contribution in [-0.2, 0) is 4.74 Å². The molecule has 0 bridgehead atoms. The number of aliphatic hydroxyl groups is 3. The van der Waals surface area contributed by atoms with Gasteiger partial charge in [0.15, 0.2) is 0 Å². The third kappa shape index (κ3) is 5.42. The van der Waals surface area contributed by atoms with E-state index in [1.165, 1.54) is 19.3 Å². The zero-order chi connectivity index (χ0) is 17.5. The number of hydrogen-bond acceptors (Lipinski definition) is 4. The minimum atomic E-state index is -1.00. The van der Waals surface area contributed by atoms with Gasteiger partial charge in [-0.2, -0.15) is 0 Å². The molecule has 1 aliphatic heterocycles. The third-order valence-corrected chi connectivity index (χ3v) is 5.68. The standard InChI is InChI=1S/C19H38O4/c1-5-7-9-10-12-19(4,11-8-6-2)16-14(3)23-15(13-20)17(21)18(16)22/h14-18,20-22H,5-13H2,1-4H3/t14?,15-,16?,17-,18-,19+/m1/s1. The highest BCUT2D eigenvalue weighted by Gasteiger charge is 2.49. The molecule has 23 heavy (non-hydrogen) atoms. The normalized spacial score (nSPS) is 34.3. The summed E-state index contributed by atoms with van der Waals surface area (Å²) < 4.78 is 5.82. The highest BCUT2D eigenvalue weighted by atomic mass is 16.5. The smallest absolute Gasteiger partial charge is 0.109 e. The van der Waals surface area contributed by atoms with Gasteiger partial charge in [0.25, 0.3) is 0 Å². The lowest BCUT2D eigenvalue weighted by atomic mass is 9.64. The monoisotopic (exact) mass is 330 g/mol. The Morgan fingerprint density at radius 3 is 2.09 bits per heavy atom. The average Bonchev–Trinajstić information content (AvgIpc) is 2.53. The highest BCUT2D eigenvalue weighted by Crippen LogP contribution is 2.46. The summed E-state index contributed by atoms with van der Waals surface area (Å²) in [6.45, 7) is 8.36. The fourth-order valence-electron chi connectivity index (χ4n) is 4.28. The van der Waals surface area contributed by atoms with E-state index in [0.29, 0.717) is 0 Å². The van der Waals surface area contributed by atoms with Gasteiger partial charge in [-0.15, -0.1) is 0 Å². The number of hydrogen-bond donors (Lipinski definition) is 3. The highest BCUT2D eigenvalue weighted by molar-refractivity contribution is 4.98. The SMILES string of the molecule is CCCCCC[C@](C)(CCCC)C1C(C)O[C@H](CO)[C@@H](O)[C@@H]1O. The van der Waals surface area contributed by atoms with Crippen molar-refractivity contribution in [2.75, 3.05) is 6.61 Å². The Hall–Kier alpha value is -0.160. The Morgan fingerprint density at radius 1 is 0.913 bits per heavy atom. The summed E-state index contributed by atoms with van der Waals surface area (Å²) in [6, 6.07) is 0. The molecule has 1 saturated heterocycles. The van der Waals surface area contributed by atoms with E-state index in [-0.39, 0.29) is 24.0 Å². The average molecular weight is 331 g/mol. The largest absolute Gasteiger partial charge is 0.394 e. The van der Waals surface area contributed by atoms with Crippen molar-refractivity contribution in [1.82, 2.24) is 0 Å². The first-order valence-electron chi connectivity index (χ1n) is 9.53. The van der Waals surface area contributed by atoms with Crippen molar-refractivity contribution >= 4 is 0 Å². The molecule has 0 aliphatic carbocycles. The van der Waals surface area contributed by atoms with Crippen LogP contribution in [0, 0.1) is 11.3 Å². The molecular formula is C19H38O4. The molecule has 0 saturated carbocycles. The molecular weight excluding hydrogens is 292 g/mol. The summed E-state index contributed by atoms with van der Waals surface area (Å²) in [5.41, 5.74) is -0.0377. The van der Waals surface area contributed by atoms with Crippen LogP contribution in [0.5, 0.6) is 0 Å². The molecule has 0 amide bonds. The van der Waals surface area contributed by atoms with Crippen LogP contribution in [0.2, 0.25) is 0 Å². The predicted octanol–water partition coefficient (Wildman–Crippen LogP) is 3.27. The van der Waals surface area contributed by atoms with Crippen molar-refractivity contribution in [1.29, 1.82) is 0 Å². The zero-order valence-electron chi connectivity index (χ0n) is 15.5. The van der Waals surface area contributed by atoms with Crippen molar-refractivity contribution in [3.05, 3.63) is 0 Å². The Kier molecular flexibility index (Phi) is 9.06. The maximum atomic E-state index is 10.7. The van der Waals surface area contributed by atoms with Gasteiger partial charge in [-0.1, -0.05) is 59.3 Å². The van der Waals surface area contributed by atoms with Gasteiger partial charge in [-0.3, -0.25) is 0 Å². The van der Waals surface area contributed by atoms with Crippen molar-refractivity contribution in [3.8, 4) is 0 Å². The maximum absolute atomic E-state index is 10.7. The Morgan fingerprint density at radius 2 is 1.52 bits per heavy atom. The van der Waals surface area contributed by atoms with Crippen molar-refractivity contribution in [2.45, 2.75) is 103 Å². The molecule has 1 rings (SSSR count). The minimum absolute atomic E-state index is 0.0377. The quantitative estimate of drug-likeness (QED) is 0.538. The van der Waals surface area contributed by atoms with Crippen LogP contribution in [0.15, 0.2) is 0 Å². The minimum Gasteiger partial charge on any atom is -0.394 e. The topological polar surface area (TPSA) is 69.9 Å². The molecule has 0 radical (unpaired) electrons. The van der Waals surface area contributed by atoms with Gasteiger partial charge in [0.1, 0.15) is 12.2 Å². The van der Waals surface area contributed by atoms with Crippen LogP contribution in [-0.4, -0.2) is 46.3 Å². The summed E-state index contributed by atoms with van der Waals surface area (Å²) in [5.74, 6) is -0.0894. The van der Waals surface area contributed by atoms with E-state index in [4.69, 9.17) is 4.74 Å². The number of rotatable bonds is 10. The lowest BCUT2D eigenvalue weighted by Crippen LogP contribution is -2.59. The second kappa shape index (κ2) is 9.97. The van der Waals surface area contributed by atoms with Crippen LogP contribution in [0.1, 0.15) is 79.1 Å². The Balaban J connectivity index is 2.85. The zero-order valence-corrected chi connectivity index (χ0v) is 15.5. The van der Waals surface area contributed by atoms with E-state index < -0.39 is 18.3 Å². The van der Waals surface area contributed by atoms with Crippen LogP contribution < -0.4 is 0 Å². The molecule has 4 nitrogen and oxygen atoms in total. The molecule has 1 fully saturated rings. The summed E-state index contributed by atoms with van der Waals surface area (Å²) in [7, 11) is 0. The second-order valence-electron chi connectivity index (χ2n) is 7.64. The number of aliphatic hydroxyl groups excluding tert-OH is 3. The molecule has 0 aromatic heterocycles. The summed E-state index contributed by atoms with van der Waals surface area (Å²) >= 11 is 0. The van der Waals surface area contributed by atoms with Gasteiger partial charge < -0.3 is 20.1 Å². The third-order valence-electron chi connectivity index (χ3n) is 5.68. The van der Waals surface area contributed by atoms with Crippen LogP contribution in [0.25, 0.3) is 0 Å². The van der Waals surface area contributed by atoms with E-state index in [1.54, 1.807) is 0 Å². The Labute approximate surface area is 142 Å². The van der Waals surface area contributed by atoms with E-state index in [1.807, 2.05) is 6.92 Å². The molecule has 1 heterocycles. The first-order valence-corrected chi connectivity index (χ1v) is 9.53. The van der Waals surface area contributed by atoms with Crippen LogP contribution >= 0.6 is 0 Å². The summed E-state index contributed by atoms with van der Waals surface area (Å²) in [5, 5.41) is 30.3. The fourth-order valence-corrected chi connectivity index (χ4v) is 4.28. The van der Waals surface area contributed by atoms with E-state index in [9.17, 15) is 15.3 Å². The number of unbranched alkanes of at least 4 members (excludes halogenated alkanes) is 4. The molecule has 0 spiro atoms. The van der Waals surface area contributed by atoms with Crippen LogP contribution in [0.4, 0.5) is 0 Å². The molecule has 6 atom stereocenters. The maximum Gasteiger partial charge on any atom is 0.109 e. The van der Waals surface area contributed by atoms with Gasteiger partial charge in [0, 0.05) is 5.92 Å². The molecule has 1 aliphatic rings. The van der Waals surface area contributed by atoms with E-state index >= 15 is 0 Å². The van der Waals surface area contributed by atoms with E-state index in [2.05, 4.69) is 20.8 Å². The lowest BCUT2D eigenvalue weighted by molar-refractivity contribution is -0.228. The Bertz CT molecular complexity index is 322. The molecule has 0 aromatic rings. The van der Waals surface area contributed by atoms with E-state index in [0.717, 1.165) is 32.1 Å². The van der Waals surface area contributed by atoms with Gasteiger partial charge in [-0.05, 0) is 25.2 Å². The van der Waals surface area contributed by atoms with Crippen molar-refractivity contribution < 1.29 is 20.1 Å². The predicted molar refractivity (Wildman–Crippen MR) is 93.3 cm³/mol. The molecule has 0 aromatic carbocycles. The molecule has 3 N–H and O–H groups in total. The van der Waals surface area contributed by atoms with Crippen molar-refractivity contribution in [3.63, 3.8) is 0 Å². The number of ether oxygens (including phenoxy) is 1. The summed E-state index contributed by atoms with van der Waals surface area (Å²) in [4.78, 5) is 0. The molecule has 138 valence electrons. The first-order chi connectivity index (χ1) is 10.9. The van der Waals surface area contributed by atoms with Crippen LogP contribution in [0.3, 0.4) is 0 Å². The van der Waals surface area contributed by atoms with Gasteiger partial charge >= 0.3 is 0 Å². The first kappa shape index (κ1) is 20.9. The summed E-state index contributed by atoms with van der Waals surface area (Å²) in [6.07, 6.45) is 6.53. The fraction of sp³-hybridized carbons (Fsp3) is 1.00. The lowest BCUT2D eigenvalue weighted by Gasteiger charge is -2.50. The van der Waals surface area contributed by atoms with Gasteiger partial charge in [0.2, 0.25) is 0 Å².